The third kappa shape index (κ3) is 3.03. The summed E-state index contributed by atoms with van der Waals surface area (Å²) in [7, 11) is 0. The Hall–Kier alpha value is -1.22. The van der Waals surface area contributed by atoms with Crippen LogP contribution in [0.4, 0.5) is 0 Å². The first kappa shape index (κ1) is 14.7. The highest BCUT2D eigenvalue weighted by Crippen LogP contribution is 2.40. The molecule has 4 heteroatoms. The van der Waals surface area contributed by atoms with E-state index in [1.165, 1.54) is 11.9 Å². The van der Waals surface area contributed by atoms with Crippen LogP contribution in [0.3, 0.4) is 0 Å². The predicted octanol–water partition coefficient (Wildman–Crippen LogP) is 4.26. The molecule has 2 atom stereocenters. The van der Waals surface area contributed by atoms with Crippen molar-refractivity contribution >= 4 is 22.6 Å². The van der Waals surface area contributed by atoms with Crippen LogP contribution in [0.1, 0.15) is 33.0 Å². The number of rotatable bonds is 6. The van der Waals surface area contributed by atoms with E-state index in [2.05, 4.69) is 23.6 Å². The molecule has 1 aliphatic rings. The zero-order chi connectivity index (χ0) is 15.0. The summed E-state index contributed by atoms with van der Waals surface area (Å²) in [5.41, 5.74) is 2.15. The first-order chi connectivity index (χ1) is 10.1. The molecule has 0 spiro atoms. The van der Waals surface area contributed by atoms with Gasteiger partial charge in [0.2, 0.25) is 0 Å². The summed E-state index contributed by atoms with van der Waals surface area (Å²) in [6.45, 7) is 7.45. The second kappa shape index (κ2) is 5.88. The first-order valence-electron chi connectivity index (χ1n) is 7.81. The van der Waals surface area contributed by atoms with Crippen LogP contribution >= 0.6 is 11.6 Å². The molecule has 1 aromatic heterocycles. The standard InChI is InChI=1S/C17H23ClN2O/c1-11(2)21-15-6-4-5-14-17(15)19-16(7-8-18)20(14)10-13-9-12(13)3/h4-6,11-13H,7-10H2,1-3H3. The number of imidazole rings is 1. The predicted molar refractivity (Wildman–Crippen MR) is 87.2 cm³/mol. The number of benzene rings is 1. The highest BCUT2D eigenvalue weighted by atomic mass is 35.5. The summed E-state index contributed by atoms with van der Waals surface area (Å²) in [5, 5.41) is 0. The highest BCUT2D eigenvalue weighted by molar-refractivity contribution is 6.17. The van der Waals surface area contributed by atoms with Crippen LogP contribution < -0.4 is 4.74 Å². The number of para-hydroxylation sites is 1. The molecule has 1 saturated carbocycles. The van der Waals surface area contributed by atoms with Gasteiger partial charge in [0.1, 0.15) is 17.1 Å². The number of nitrogens with zero attached hydrogens (tertiary/aromatic N) is 2. The normalized spacial score (nSPS) is 21.2. The van der Waals surface area contributed by atoms with Gasteiger partial charge in [0, 0.05) is 18.8 Å². The molecule has 0 bridgehead atoms. The maximum atomic E-state index is 5.96. The van der Waals surface area contributed by atoms with Gasteiger partial charge in [-0.3, -0.25) is 0 Å². The van der Waals surface area contributed by atoms with Gasteiger partial charge < -0.3 is 9.30 Å². The summed E-state index contributed by atoms with van der Waals surface area (Å²) in [5.74, 6) is 4.18. The molecule has 0 saturated heterocycles. The van der Waals surface area contributed by atoms with Crippen LogP contribution in [0.2, 0.25) is 0 Å². The lowest BCUT2D eigenvalue weighted by Crippen LogP contribution is -2.07. The Labute approximate surface area is 131 Å². The minimum absolute atomic E-state index is 0.153. The minimum atomic E-state index is 0.153. The molecule has 114 valence electrons. The summed E-state index contributed by atoms with van der Waals surface area (Å²) in [6, 6.07) is 6.20. The average Bonchev–Trinajstić information content (AvgIpc) is 3.00. The smallest absolute Gasteiger partial charge is 0.147 e. The van der Waals surface area contributed by atoms with Gasteiger partial charge in [-0.1, -0.05) is 13.0 Å². The molecule has 0 aliphatic heterocycles. The molecule has 3 rings (SSSR count). The van der Waals surface area contributed by atoms with Crippen LogP contribution in [0, 0.1) is 11.8 Å². The third-order valence-corrected chi connectivity index (χ3v) is 4.38. The molecule has 1 fully saturated rings. The lowest BCUT2D eigenvalue weighted by atomic mass is 10.2. The zero-order valence-corrected chi connectivity index (χ0v) is 13.7. The highest BCUT2D eigenvalue weighted by Gasteiger charge is 2.33. The zero-order valence-electron chi connectivity index (χ0n) is 13.0. The summed E-state index contributed by atoms with van der Waals surface area (Å²) in [6.07, 6.45) is 2.28. The van der Waals surface area contributed by atoms with E-state index in [-0.39, 0.29) is 6.10 Å². The Kier molecular flexibility index (Phi) is 4.12. The van der Waals surface area contributed by atoms with E-state index in [4.69, 9.17) is 21.3 Å². The van der Waals surface area contributed by atoms with Crippen molar-refractivity contribution in [1.29, 1.82) is 0 Å². The van der Waals surface area contributed by atoms with Gasteiger partial charge in [0.05, 0.1) is 11.6 Å². The Balaban J connectivity index is 2.03. The molecule has 21 heavy (non-hydrogen) atoms. The second-order valence-corrected chi connectivity index (χ2v) is 6.72. The van der Waals surface area contributed by atoms with Gasteiger partial charge in [-0.25, -0.2) is 4.98 Å². The van der Waals surface area contributed by atoms with Crippen molar-refractivity contribution < 1.29 is 4.74 Å². The lowest BCUT2D eigenvalue weighted by Gasteiger charge is -2.10. The van der Waals surface area contributed by atoms with Crippen LogP contribution in [-0.2, 0) is 13.0 Å². The van der Waals surface area contributed by atoms with Crippen molar-refractivity contribution in [3.05, 3.63) is 24.0 Å². The molecular weight excluding hydrogens is 284 g/mol. The van der Waals surface area contributed by atoms with Crippen molar-refractivity contribution in [3.8, 4) is 5.75 Å². The number of aromatic nitrogens is 2. The molecule has 0 radical (unpaired) electrons. The van der Waals surface area contributed by atoms with Crippen LogP contribution in [-0.4, -0.2) is 21.5 Å². The average molecular weight is 307 g/mol. The Morgan fingerprint density at radius 2 is 2.19 bits per heavy atom. The maximum absolute atomic E-state index is 5.96. The molecule has 3 nitrogen and oxygen atoms in total. The lowest BCUT2D eigenvalue weighted by molar-refractivity contribution is 0.245. The van der Waals surface area contributed by atoms with E-state index in [0.29, 0.717) is 5.88 Å². The quantitative estimate of drug-likeness (QED) is 0.746. The van der Waals surface area contributed by atoms with E-state index >= 15 is 0 Å². The summed E-state index contributed by atoms with van der Waals surface area (Å²) in [4.78, 5) is 4.81. The number of alkyl halides is 1. The molecule has 1 heterocycles. The fourth-order valence-electron chi connectivity index (χ4n) is 2.89. The SMILES string of the molecule is CC(C)Oc1cccc2c1nc(CCCl)n2CC1CC1C. The number of fused-ring (bicyclic) bond motifs is 1. The third-order valence-electron chi connectivity index (χ3n) is 4.19. The summed E-state index contributed by atoms with van der Waals surface area (Å²) >= 11 is 5.96. The van der Waals surface area contributed by atoms with Crippen molar-refractivity contribution in [1.82, 2.24) is 9.55 Å². The van der Waals surface area contributed by atoms with E-state index < -0.39 is 0 Å². The van der Waals surface area contributed by atoms with Gasteiger partial charge in [-0.15, -0.1) is 11.6 Å². The molecule has 1 aliphatic carbocycles. The van der Waals surface area contributed by atoms with Crippen molar-refractivity contribution in [2.24, 2.45) is 11.8 Å². The second-order valence-electron chi connectivity index (χ2n) is 6.34. The van der Waals surface area contributed by atoms with Gasteiger partial charge in [-0.05, 0) is 44.2 Å². The van der Waals surface area contributed by atoms with Crippen LogP contribution in [0.5, 0.6) is 5.75 Å². The number of halogens is 1. The van der Waals surface area contributed by atoms with Crippen LogP contribution in [0.25, 0.3) is 11.0 Å². The van der Waals surface area contributed by atoms with E-state index in [1.54, 1.807) is 0 Å². The van der Waals surface area contributed by atoms with E-state index in [0.717, 1.165) is 41.9 Å². The number of hydrogen-bond acceptors (Lipinski definition) is 2. The van der Waals surface area contributed by atoms with E-state index in [9.17, 15) is 0 Å². The molecule has 2 unspecified atom stereocenters. The fraction of sp³-hybridized carbons (Fsp3) is 0.588. The van der Waals surface area contributed by atoms with Crippen molar-refractivity contribution in [2.75, 3.05) is 5.88 Å². The van der Waals surface area contributed by atoms with Crippen molar-refractivity contribution in [2.45, 2.75) is 46.3 Å². The minimum Gasteiger partial charge on any atom is -0.489 e. The molecular formula is C17H23ClN2O. The Morgan fingerprint density at radius 1 is 1.43 bits per heavy atom. The van der Waals surface area contributed by atoms with Gasteiger partial charge in [-0.2, -0.15) is 0 Å². The summed E-state index contributed by atoms with van der Waals surface area (Å²) < 4.78 is 8.25. The first-order valence-corrected chi connectivity index (χ1v) is 8.34. The largest absolute Gasteiger partial charge is 0.489 e. The molecule has 0 N–H and O–H groups in total. The maximum Gasteiger partial charge on any atom is 0.147 e. The molecule has 1 aromatic carbocycles. The van der Waals surface area contributed by atoms with Gasteiger partial charge >= 0.3 is 0 Å². The topological polar surface area (TPSA) is 27.1 Å². The van der Waals surface area contributed by atoms with Crippen LogP contribution in [0.15, 0.2) is 18.2 Å². The Bertz CT molecular complexity index is 635. The molecule has 2 aromatic rings. The Morgan fingerprint density at radius 3 is 2.81 bits per heavy atom. The fourth-order valence-corrected chi connectivity index (χ4v) is 3.05. The van der Waals surface area contributed by atoms with Gasteiger partial charge in [0.15, 0.2) is 0 Å². The van der Waals surface area contributed by atoms with Crippen molar-refractivity contribution in [3.63, 3.8) is 0 Å². The molecule has 0 amide bonds. The van der Waals surface area contributed by atoms with E-state index in [1.807, 2.05) is 19.9 Å². The number of aryl methyl sites for hydroxylation is 1. The number of ether oxygens (including phenoxy) is 1. The van der Waals surface area contributed by atoms with Gasteiger partial charge in [0.25, 0.3) is 0 Å². The number of hydrogen-bond donors (Lipinski definition) is 0. The monoisotopic (exact) mass is 306 g/mol.